The van der Waals surface area contributed by atoms with Gasteiger partial charge >= 0.3 is 11.9 Å². The second-order valence-corrected chi connectivity index (χ2v) is 4.17. The predicted octanol–water partition coefficient (Wildman–Crippen LogP) is 1.67. The standard InChI is InChI=1S/C11H12O5S/c1-3-15-11(14)10-5-4-9(17-10)8(13)6-16-7(2)12/h4-5H,3,6H2,1-2H3. The summed E-state index contributed by atoms with van der Waals surface area (Å²) in [5.74, 6) is -1.30. The number of rotatable bonds is 5. The summed E-state index contributed by atoms with van der Waals surface area (Å²) in [4.78, 5) is 34.1. The van der Waals surface area contributed by atoms with Gasteiger partial charge in [-0.15, -0.1) is 11.3 Å². The molecular formula is C11H12O5S. The highest BCUT2D eigenvalue weighted by atomic mass is 32.1. The molecule has 0 N–H and O–H groups in total. The van der Waals surface area contributed by atoms with Gasteiger partial charge < -0.3 is 9.47 Å². The largest absolute Gasteiger partial charge is 0.462 e. The van der Waals surface area contributed by atoms with Gasteiger partial charge in [0.05, 0.1) is 11.5 Å². The summed E-state index contributed by atoms with van der Waals surface area (Å²) in [6, 6.07) is 3.03. The first kappa shape index (κ1) is 13.4. The maximum Gasteiger partial charge on any atom is 0.348 e. The molecule has 0 spiro atoms. The molecule has 1 aromatic heterocycles. The summed E-state index contributed by atoms with van der Waals surface area (Å²) in [5.41, 5.74) is 0. The average Bonchev–Trinajstić information content (AvgIpc) is 2.75. The van der Waals surface area contributed by atoms with Gasteiger partial charge in [-0.3, -0.25) is 9.59 Å². The minimum absolute atomic E-state index is 0.285. The third kappa shape index (κ3) is 3.99. The molecule has 0 unspecified atom stereocenters. The van der Waals surface area contributed by atoms with Crippen molar-refractivity contribution in [1.29, 1.82) is 0 Å². The molecule has 0 aliphatic carbocycles. The normalized spacial score (nSPS) is 9.76. The number of ketones is 1. The summed E-state index contributed by atoms with van der Waals surface area (Å²) in [5, 5.41) is 0. The van der Waals surface area contributed by atoms with Crippen molar-refractivity contribution in [3.8, 4) is 0 Å². The number of ether oxygens (including phenoxy) is 2. The zero-order chi connectivity index (χ0) is 12.8. The lowest BCUT2D eigenvalue weighted by molar-refractivity contribution is -0.139. The van der Waals surface area contributed by atoms with Crippen LogP contribution in [0.2, 0.25) is 0 Å². The van der Waals surface area contributed by atoms with Crippen LogP contribution in [-0.2, 0) is 14.3 Å². The lowest BCUT2D eigenvalue weighted by Gasteiger charge is -1.98. The van der Waals surface area contributed by atoms with E-state index in [0.717, 1.165) is 11.3 Å². The van der Waals surface area contributed by atoms with E-state index in [-0.39, 0.29) is 19.0 Å². The highest BCUT2D eigenvalue weighted by Gasteiger charge is 2.15. The smallest absolute Gasteiger partial charge is 0.348 e. The summed E-state index contributed by atoms with van der Waals surface area (Å²) in [7, 11) is 0. The maximum atomic E-state index is 11.5. The molecule has 0 aliphatic rings. The maximum absolute atomic E-state index is 11.5. The van der Waals surface area contributed by atoms with Crippen LogP contribution in [-0.4, -0.2) is 30.9 Å². The van der Waals surface area contributed by atoms with E-state index in [4.69, 9.17) is 4.74 Å². The second-order valence-electron chi connectivity index (χ2n) is 3.09. The van der Waals surface area contributed by atoms with Crippen LogP contribution in [0.3, 0.4) is 0 Å². The van der Waals surface area contributed by atoms with Crippen molar-refractivity contribution in [3.63, 3.8) is 0 Å². The third-order valence-corrected chi connectivity index (χ3v) is 2.87. The Morgan fingerprint density at radius 1 is 1.18 bits per heavy atom. The first-order chi connectivity index (χ1) is 8.04. The Balaban J connectivity index is 2.64. The lowest BCUT2D eigenvalue weighted by Crippen LogP contribution is -2.10. The molecule has 0 atom stereocenters. The fourth-order valence-electron chi connectivity index (χ4n) is 1.04. The molecular weight excluding hydrogens is 244 g/mol. The molecule has 0 fully saturated rings. The molecule has 5 nitrogen and oxygen atoms in total. The Hall–Kier alpha value is -1.69. The van der Waals surface area contributed by atoms with E-state index in [0.29, 0.717) is 9.75 Å². The van der Waals surface area contributed by atoms with Crippen molar-refractivity contribution in [2.24, 2.45) is 0 Å². The van der Waals surface area contributed by atoms with Crippen LogP contribution < -0.4 is 0 Å². The quantitative estimate of drug-likeness (QED) is 0.592. The molecule has 0 saturated heterocycles. The van der Waals surface area contributed by atoms with Crippen molar-refractivity contribution in [1.82, 2.24) is 0 Å². The van der Waals surface area contributed by atoms with Crippen LogP contribution in [0.1, 0.15) is 33.2 Å². The molecule has 0 bridgehead atoms. The first-order valence-corrected chi connectivity index (χ1v) is 5.79. The number of hydrogen-bond acceptors (Lipinski definition) is 6. The van der Waals surface area contributed by atoms with Gasteiger partial charge in [-0.05, 0) is 19.1 Å². The Kier molecular flexibility index (Phi) is 4.84. The van der Waals surface area contributed by atoms with Crippen LogP contribution in [0.15, 0.2) is 12.1 Å². The van der Waals surface area contributed by atoms with Crippen molar-refractivity contribution >= 4 is 29.1 Å². The van der Waals surface area contributed by atoms with E-state index >= 15 is 0 Å². The van der Waals surface area contributed by atoms with E-state index in [1.165, 1.54) is 19.1 Å². The number of carbonyl (C=O) groups is 3. The molecule has 0 aromatic carbocycles. The molecule has 0 amide bonds. The van der Waals surface area contributed by atoms with Gasteiger partial charge in [0.25, 0.3) is 0 Å². The Bertz CT molecular complexity index is 435. The fourth-order valence-corrected chi connectivity index (χ4v) is 1.86. The summed E-state index contributed by atoms with van der Waals surface area (Å²) >= 11 is 1.03. The molecule has 17 heavy (non-hydrogen) atoms. The van der Waals surface area contributed by atoms with Gasteiger partial charge in [0.1, 0.15) is 4.88 Å². The molecule has 0 saturated carbocycles. The van der Waals surface area contributed by atoms with Crippen LogP contribution in [0, 0.1) is 0 Å². The topological polar surface area (TPSA) is 69.7 Å². The number of hydrogen-bond donors (Lipinski definition) is 0. The number of esters is 2. The highest BCUT2D eigenvalue weighted by molar-refractivity contribution is 7.15. The van der Waals surface area contributed by atoms with Gasteiger partial charge in [-0.1, -0.05) is 0 Å². The van der Waals surface area contributed by atoms with Gasteiger partial charge in [-0.25, -0.2) is 4.79 Å². The molecule has 0 aliphatic heterocycles. The van der Waals surface area contributed by atoms with Gasteiger partial charge in [-0.2, -0.15) is 0 Å². The minimum Gasteiger partial charge on any atom is -0.462 e. The predicted molar refractivity (Wildman–Crippen MR) is 61.2 cm³/mol. The van der Waals surface area contributed by atoms with Crippen molar-refractivity contribution in [2.75, 3.05) is 13.2 Å². The van der Waals surface area contributed by atoms with E-state index in [9.17, 15) is 14.4 Å². The SMILES string of the molecule is CCOC(=O)c1ccc(C(=O)COC(C)=O)s1. The van der Waals surface area contributed by atoms with Crippen LogP contribution in [0.5, 0.6) is 0 Å². The first-order valence-electron chi connectivity index (χ1n) is 4.98. The number of thiophene rings is 1. The Labute approximate surface area is 102 Å². The molecule has 1 aromatic rings. The number of carbonyl (C=O) groups excluding carboxylic acids is 3. The fraction of sp³-hybridized carbons (Fsp3) is 0.364. The van der Waals surface area contributed by atoms with Crippen LogP contribution >= 0.6 is 11.3 Å². The average molecular weight is 256 g/mol. The number of Topliss-reactive ketones (excluding diaryl/α,β-unsaturated/α-hetero) is 1. The van der Waals surface area contributed by atoms with E-state index in [1.54, 1.807) is 6.92 Å². The van der Waals surface area contributed by atoms with Gasteiger partial charge in [0.15, 0.2) is 6.61 Å². The third-order valence-electron chi connectivity index (χ3n) is 1.76. The summed E-state index contributed by atoms with van der Waals surface area (Å²) in [6.45, 7) is 2.91. The van der Waals surface area contributed by atoms with E-state index in [2.05, 4.69) is 4.74 Å². The summed E-state index contributed by atoms with van der Waals surface area (Å²) in [6.07, 6.45) is 0. The lowest BCUT2D eigenvalue weighted by atomic mass is 10.3. The van der Waals surface area contributed by atoms with Crippen molar-refractivity contribution in [2.45, 2.75) is 13.8 Å². The zero-order valence-corrected chi connectivity index (χ0v) is 10.3. The Morgan fingerprint density at radius 2 is 1.82 bits per heavy atom. The molecule has 1 rings (SSSR count). The molecule has 92 valence electrons. The monoisotopic (exact) mass is 256 g/mol. The minimum atomic E-state index is -0.513. The van der Waals surface area contributed by atoms with Crippen LogP contribution in [0.25, 0.3) is 0 Å². The Morgan fingerprint density at radius 3 is 2.41 bits per heavy atom. The van der Waals surface area contributed by atoms with E-state index < -0.39 is 11.9 Å². The van der Waals surface area contributed by atoms with E-state index in [1.807, 2.05) is 0 Å². The van der Waals surface area contributed by atoms with Crippen molar-refractivity contribution < 1.29 is 23.9 Å². The molecule has 1 heterocycles. The second kappa shape index (κ2) is 6.15. The van der Waals surface area contributed by atoms with Gasteiger partial charge in [0, 0.05) is 6.92 Å². The zero-order valence-electron chi connectivity index (χ0n) is 9.52. The highest BCUT2D eigenvalue weighted by Crippen LogP contribution is 2.18. The van der Waals surface area contributed by atoms with Crippen molar-refractivity contribution in [3.05, 3.63) is 21.9 Å². The summed E-state index contributed by atoms with van der Waals surface area (Å²) < 4.78 is 9.37. The molecule has 6 heteroatoms. The molecule has 0 radical (unpaired) electrons. The van der Waals surface area contributed by atoms with Gasteiger partial charge in [0.2, 0.25) is 5.78 Å². The van der Waals surface area contributed by atoms with Crippen LogP contribution in [0.4, 0.5) is 0 Å².